The molecule has 1 aliphatic heterocycles. The topological polar surface area (TPSA) is 60.8 Å². The maximum atomic E-state index is 11.2. The molecule has 1 aliphatic rings. The first-order valence-electron chi connectivity index (χ1n) is 6.12. The van der Waals surface area contributed by atoms with E-state index in [4.69, 9.17) is 0 Å². The molecule has 0 aromatic rings. The molecule has 16 heavy (non-hydrogen) atoms. The molecule has 0 saturated carbocycles. The average molecular weight is 229 g/mol. The lowest BCUT2D eigenvalue weighted by molar-refractivity contribution is -0.144. The Bertz CT molecular complexity index is 251. The maximum Gasteiger partial charge on any atom is 0.321 e. The Labute approximate surface area is 97.3 Å². The lowest BCUT2D eigenvalue weighted by Gasteiger charge is -2.33. The minimum Gasteiger partial charge on any atom is -0.480 e. The van der Waals surface area contributed by atoms with Crippen LogP contribution >= 0.6 is 0 Å². The van der Waals surface area contributed by atoms with Gasteiger partial charge in [0.25, 0.3) is 0 Å². The van der Waals surface area contributed by atoms with Crippen molar-refractivity contribution in [3.63, 3.8) is 0 Å². The van der Waals surface area contributed by atoms with Gasteiger partial charge in [0.05, 0.1) is 5.60 Å². The Morgan fingerprint density at radius 1 is 1.44 bits per heavy atom. The van der Waals surface area contributed by atoms with Crippen LogP contribution in [0.25, 0.3) is 0 Å². The SMILES string of the molecule is CCC(O)(CC)CN1CCC(C)C1C(=O)O. The first-order valence-corrected chi connectivity index (χ1v) is 6.12. The van der Waals surface area contributed by atoms with E-state index in [0.29, 0.717) is 19.4 Å². The van der Waals surface area contributed by atoms with Crippen molar-refractivity contribution >= 4 is 5.97 Å². The third-order valence-corrected chi connectivity index (χ3v) is 3.87. The normalized spacial score (nSPS) is 27.2. The molecule has 0 bridgehead atoms. The van der Waals surface area contributed by atoms with Crippen molar-refractivity contribution in [3.8, 4) is 0 Å². The minimum atomic E-state index is -0.764. The van der Waals surface area contributed by atoms with Gasteiger partial charge in [0.2, 0.25) is 0 Å². The van der Waals surface area contributed by atoms with Crippen LogP contribution in [0.5, 0.6) is 0 Å². The number of nitrogens with zero attached hydrogens (tertiary/aromatic N) is 1. The first-order chi connectivity index (χ1) is 7.43. The summed E-state index contributed by atoms with van der Waals surface area (Å²) in [6.07, 6.45) is 2.24. The summed E-state index contributed by atoms with van der Waals surface area (Å²) in [5.74, 6) is -0.588. The van der Waals surface area contributed by atoms with E-state index in [0.717, 1.165) is 13.0 Å². The monoisotopic (exact) mass is 229 g/mol. The van der Waals surface area contributed by atoms with Crippen molar-refractivity contribution in [1.82, 2.24) is 4.90 Å². The summed E-state index contributed by atoms with van der Waals surface area (Å²) in [7, 11) is 0. The molecule has 0 aromatic heterocycles. The van der Waals surface area contributed by atoms with Gasteiger partial charge in [-0.25, -0.2) is 0 Å². The van der Waals surface area contributed by atoms with Crippen LogP contribution in [0.15, 0.2) is 0 Å². The van der Waals surface area contributed by atoms with Crippen LogP contribution < -0.4 is 0 Å². The van der Waals surface area contributed by atoms with Crippen LogP contribution in [0.4, 0.5) is 0 Å². The van der Waals surface area contributed by atoms with E-state index in [-0.39, 0.29) is 5.92 Å². The zero-order chi connectivity index (χ0) is 12.3. The van der Waals surface area contributed by atoms with E-state index < -0.39 is 17.6 Å². The number of likely N-dealkylation sites (tertiary alicyclic amines) is 1. The highest BCUT2D eigenvalue weighted by Gasteiger charge is 2.39. The summed E-state index contributed by atoms with van der Waals surface area (Å²) in [4.78, 5) is 13.1. The Hall–Kier alpha value is -0.610. The number of β-amino-alcohol motifs (C(OH)–C–C–N with tert-alkyl or cyclic N) is 1. The van der Waals surface area contributed by atoms with Gasteiger partial charge in [0.1, 0.15) is 6.04 Å². The highest BCUT2D eigenvalue weighted by molar-refractivity contribution is 5.74. The average Bonchev–Trinajstić information content (AvgIpc) is 2.59. The van der Waals surface area contributed by atoms with Crippen LogP contribution in [0, 0.1) is 5.92 Å². The number of carboxylic acid groups (broad SMARTS) is 1. The quantitative estimate of drug-likeness (QED) is 0.746. The number of carbonyl (C=O) groups is 1. The Morgan fingerprint density at radius 3 is 2.44 bits per heavy atom. The van der Waals surface area contributed by atoms with Crippen molar-refractivity contribution in [1.29, 1.82) is 0 Å². The van der Waals surface area contributed by atoms with Gasteiger partial charge in [-0.3, -0.25) is 9.69 Å². The van der Waals surface area contributed by atoms with E-state index >= 15 is 0 Å². The van der Waals surface area contributed by atoms with Gasteiger partial charge < -0.3 is 10.2 Å². The minimum absolute atomic E-state index is 0.176. The highest BCUT2D eigenvalue weighted by Crippen LogP contribution is 2.27. The molecule has 94 valence electrons. The first kappa shape index (κ1) is 13.5. The van der Waals surface area contributed by atoms with Gasteiger partial charge in [-0.1, -0.05) is 20.8 Å². The fourth-order valence-electron chi connectivity index (χ4n) is 2.45. The molecule has 1 rings (SSSR count). The lowest BCUT2D eigenvalue weighted by atomic mass is 9.96. The zero-order valence-electron chi connectivity index (χ0n) is 10.4. The predicted molar refractivity (Wildman–Crippen MR) is 62.3 cm³/mol. The molecular formula is C12H23NO3. The molecule has 0 aliphatic carbocycles. The molecule has 4 nitrogen and oxygen atoms in total. The second kappa shape index (κ2) is 5.15. The largest absolute Gasteiger partial charge is 0.480 e. The Morgan fingerprint density at radius 2 is 2.00 bits per heavy atom. The summed E-state index contributed by atoms with van der Waals surface area (Å²) in [5.41, 5.74) is -0.738. The number of hydrogen-bond donors (Lipinski definition) is 2. The van der Waals surface area contributed by atoms with Crippen molar-refractivity contribution in [2.75, 3.05) is 13.1 Å². The molecule has 0 radical (unpaired) electrons. The summed E-state index contributed by atoms with van der Waals surface area (Å²) < 4.78 is 0. The van der Waals surface area contributed by atoms with Crippen molar-refractivity contribution in [2.24, 2.45) is 5.92 Å². The van der Waals surface area contributed by atoms with Crippen LogP contribution in [0.3, 0.4) is 0 Å². The van der Waals surface area contributed by atoms with Crippen molar-refractivity contribution in [2.45, 2.75) is 51.7 Å². The van der Waals surface area contributed by atoms with Gasteiger partial charge in [-0.05, 0) is 31.7 Å². The van der Waals surface area contributed by atoms with E-state index in [2.05, 4.69) is 0 Å². The standard InChI is InChI=1S/C12H23NO3/c1-4-12(16,5-2)8-13-7-6-9(3)10(13)11(14)15/h9-10,16H,4-8H2,1-3H3,(H,14,15). The molecule has 0 amide bonds. The second-order valence-electron chi connectivity index (χ2n) is 4.95. The van der Waals surface area contributed by atoms with Crippen LogP contribution in [0.1, 0.15) is 40.0 Å². The van der Waals surface area contributed by atoms with Crippen LogP contribution in [-0.4, -0.2) is 45.8 Å². The molecule has 2 unspecified atom stereocenters. The number of aliphatic hydroxyl groups is 1. The molecule has 0 spiro atoms. The zero-order valence-corrected chi connectivity index (χ0v) is 10.4. The molecule has 4 heteroatoms. The molecule has 1 heterocycles. The molecule has 1 fully saturated rings. The predicted octanol–water partition coefficient (Wildman–Crippen LogP) is 1.33. The van der Waals surface area contributed by atoms with E-state index in [9.17, 15) is 15.0 Å². The van der Waals surface area contributed by atoms with E-state index in [1.807, 2.05) is 25.7 Å². The van der Waals surface area contributed by atoms with E-state index in [1.165, 1.54) is 0 Å². The smallest absolute Gasteiger partial charge is 0.321 e. The van der Waals surface area contributed by atoms with Gasteiger partial charge in [0, 0.05) is 6.54 Å². The number of carboxylic acids is 1. The molecular weight excluding hydrogens is 206 g/mol. The highest BCUT2D eigenvalue weighted by atomic mass is 16.4. The Kier molecular flexibility index (Phi) is 4.33. The van der Waals surface area contributed by atoms with Gasteiger partial charge in [-0.2, -0.15) is 0 Å². The maximum absolute atomic E-state index is 11.2. The molecule has 2 N–H and O–H groups in total. The van der Waals surface area contributed by atoms with Gasteiger partial charge in [0.15, 0.2) is 0 Å². The summed E-state index contributed by atoms with van der Waals surface area (Å²) >= 11 is 0. The second-order valence-corrected chi connectivity index (χ2v) is 4.95. The number of aliphatic carboxylic acids is 1. The van der Waals surface area contributed by atoms with E-state index in [1.54, 1.807) is 0 Å². The third-order valence-electron chi connectivity index (χ3n) is 3.87. The number of hydrogen-bond acceptors (Lipinski definition) is 3. The van der Waals surface area contributed by atoms with Gasteiger partial charge >= 0.3 is 5.97 Å². The molecule has 1 saturated heterocycles. The number of rotatable bonds is 5. The lowest BCUT2D eigenvalue weighted by Crippen LogP contribution is -2.48. The van der Waals surface area contributed by atoms with Crippen LogP contribution in [-0.2, 0) is 4.79 Å². The van der Waals surface area contributed by atoms with Crippen LogP contribution in [0.2, 0.25) is 0 Å². The summed E-state index contributed by atoms with van der Waals surface area (Å²) in [5, 5.41) is 19.4. The van der Waals surface area contributed by atoms with Crippen molar-refractivity contribution < 1.29 is 15.0 Å². The fourth-order valence-corrected chi connectivity index (χ4v) is 2.45. The summed E-state index contributed by atoms with van der Waals surface area (Å²) in [6.45, 7) is 7.11. The Balaban J connectivity index is 2.70. The van der Waals surface area contributed by atoms with Crippen molar-refractivity contribution in [3.05, 3.63) is 0 Å². The molecule has 0 aromatic carbocycles. The summed E-state index contributed by atoms with van der Waals surface area (Å²) in [6, 6.07) is -0.426. The van der Waals surface area contributed by atoms with Gasteiger partial charge in [-0.15, -0.1) is 0 Å². The third kappa shape index (κ3) is 2.74. The molecule has 2 atom stereocenters. The fraction of sp³-hybridized carbons (Fsp3) is 0.917.